The van der Waals surface area contributed by atoms with Gasteiger partial charge in [0.1, 0.15) is 22.8 Å². The van der Waals surface area contributed by atoms with E-state index in [4.69, 9.17) is 5.73 Å². The van der Waals surface area contributed by atoms with Crippen LogP contribution in [0.5, 0.6) is 5.75 Å². The van der Waals surface area contributed by atoms with Crippen LogP contribution in [-0.2, 0) is 33.8 Å². The summed E-state index contributed by atoms with van der Waals surface area (Å²) in [5.41, 5.74) is 7.15. The number of rotatable bonds is 7. The topological polar surface area (TPSA) is 175 Å². The van der Waals surface area contributed by atoms with Crippen LogP contribution in [0.15, 0.2) is 47.2 Å². The molecule has 1 heterocycles. The van der Waals surface area contributed by atoms with Crippen molar-refractivity contribution >= 4 is 35.0 Å². The van der Waals surface area contributed by atoms with E-state index in [1.54, 1.807) is 30.3 Å². The first-order valence-corrected chi connectivity index (χ1v) is 14.6. The lowest BCUT2D eigenvalue weighted by atomic mass is 9.61. The first-order chi connectivity index (χ1) is 20.5. The molecule has 222 valence electrons. The summed E-state index contributed by atoms with van der Waals surface area (Å²) in [7, 11) is 0. The van der Waals surface area contributed by atoms with Gasteiger partial charge in [-0.1, -0.05) is 31.9 Å². The van der Waals surface area contributed by atoms with Gasteiger partial charge in [0, 0.05) is 17.6 Å². The van der Waals surface area contributed by atoms with Crippen LogP contribution in [0.2, 0.25) is 0 Å². The Balaban J connectivity index is 1.45. The van der Waals surface area contributed by atoms with Gasteiger partial charge < -0.3 is 21.1 Å². The van der Waals surface area contributed by atoms with Gasteiger partial charge >= 0.3 is 0 Å². The molecule has 5 N–H and O–H groups in total. The van der Waals surface area contributed by atoms with E-state index in [2.05, 4.69) is 6.92 Å². The molecule has 0 radical (unpaired) electrons. The Morgan fingerprint density at radius 3 is 2.28 bits per heavy atom. The highest BCUT2D eigenvalue weighted by Crippen LogP contribution is 2.51. The van der Waals surface area contributed by atoms with E-state index >= 15 is 0 Å². The Hall–Kier alpha value is -4.73. The molecule has 43 heavy (non-hydrogen) atoms. The molecule has 6 rings (SSSR count). The van der Waals surface area contributed by atoms with Gasteiger partial charge in [-0.15, -0.1) is 0 Å². The molecule has 3 amide bonds. The van der Waals surface area contributed by atoms with Gasteiger partial charge in [-0.3, -0.25) is 28.9 Å². The molecule has 2 aromatic carbocycles. The number of phenolic OH excluding ortho intramolecular Hbond substituents is 1. The molecule has 2 aromatic rings. The largest absolute Gasteiger partial charge is 0.511 e. The van der Waals surface area contributed by atoms with E-state index in [0.717, 1.165) is 29.7 Å². The summed E-state index contributed by atoms with van der Waals surface area (Å²) in [6.45, 7) is 1.84. The fraction of sp³-hybridized carbons (Fsp3) is 0.364. The number of ketones is 2. The lowest BCUT2D eigenvalue weighted by molar-refractivity contribution is -0.127. The third-order valence-electron chi connectivity index (χ3n) is 9.32. The monoisotopic (exact) mass is 584 g/mol. The van der Waals surface area contributed by atoms with Crippen LogP contribution in [-0.4, -0.2) is 49.5 Å². The lowest BCUT2D eigenvalue weighted by Gasteiger charge is -2.41. The SMILES string of the molecule is CCCCCc1cc(CN2C(=O)c3ccccc3C2=O)c(O)c2c1CC1CC3CC(=O)C(C(N)=O)=C(O)C3C(=O)C1=C2O. The maximum Gasteiger partial charge on any atom is 0.261 e. The van der Waals surface area contributed by atoms with Crippen molar-refractivity contribution in [2.45, 2.75) is 58.4 Å². The number of imide groups is 1. The van der Waals surface area contributed by atoms with E-state index in [9.17, 15) is 39.3 Å². The van der Waals surface area contributed by atoms with Gasteiger partial charge in [0.25, 0.3) is 17.7 Å². The molecule has 1 aliphatic heterocycles. The molecule has 3 atom stereocenters. The van der Waals surface area contributed by atoms with Crippen molar-refractivity contribution < 1.29 is 39.3 Å². The maximum absolute atomic E-state index is 13.8. The van der Waals surface area contributed by atoms with E-state index < -0.39 is 64.1 Å². The highest BCUT2D eigenvalue weighted by Gasteiger charge is 2.51. The Kier molecular flexibility index (Phi) is 6.95. The average Bonchev–Trinajstić information content (AvgIpc) is 3.19. The van der Waals surface area contributed by atoms with Gasteiger partial charge in [-0.2, -0.15) is 0 Å². The maximum atomic E-state index is 13.8. The van der Waals surface area contributed by atoms with Gasteiger partial charge in [-0.25, -0.2) is 0 Å². The summed E-state index contributed by atoms with van der Waals surface area (Å²) in [5, 5.41) is 34.0. The summed E-state index contributed by atoms with van der Waals surface area (Å²) < 4.78 is 0. The van der Waals surface area contributed by atoms with Crippen molar-refractivity contribution in [1.29, 1.82) is 0 Å². The standard InChI is InChI=1S/C33H32N2O8/c1-2-3-4-7-15-10-18(14-35-32(42)19-8-5-6-9-20(19)33(35)43)27(37)25-21(15)12-16-11-17-13-22(36)26(31(34)41)30(40)24(17)28(38)23(16)29(25)39/h5-6,8-10,16-17,24,37,39-40H,2-4,7,11-14H2,1H3,(H2,34,41). The number of nitrogens with two attached hydrogens (primary N) is 1. The molecule has 0 aromatic heterocycles. The number of primary amides is 1. The van der Waals surface area contributed by atoms with Crippen LogP contribution in [0, 0.1) is 17.8 Å². The third-order valence-corrected chi connectivity index (χ3v) is 9.32. The number of unbranched alkanes of at least 4 members (excludes halogenated alkanes) is 2. The molecular formula is C33H32N2O8. The average molecular weight is 585 g/mol. The predicted molar refractivity (Wildman–Crippen MR) is 154 cm³/mol. The quantitative estimate of drug-likeness (QED) is 0.216. The first-order valence-electron chi connectivity index (χ1n) is 14.6. The Labute approximate surface area is 247 Å². The number of fused-ring (bicyclic) bond motifs is 4. The van der Waals surface area contributed by atoms with E-state index in [1.807, 2.05) is 0 Å². The Morgan fingerprint density at radius 1 is 0.977 bits per heavy atom. The highest BCUT2D eigenvalue weighted by atomic mass is 16.3. The minimum atomic E-state index is -1.21. The molecule has 3 aliphatic carbocycles. The smallest absolute Gasteiger partial charge is 0.261 e. The number of amides is 3. The summed E-state index contributed by atoms with van der Waals surface area (Å²) in [6.07, 6.45) is 3.86. The van der Waals surface area contributed by atoms with Crippen molar-refractivity contribution in [3.63, 3.8) is 0 Å². The van der Waals surface area contributed by atoms with Crippen LogP contribution in [0.1, 0.15) is 82.0 Å². The number of aliphatic hydroxyl groups excluding tert-OH is 2. The fourth-order valence-electron chi connectivity index (χ4n) is 7.31. The number of hydrogen-bond donors (Lipinski definition) is 4. The van der Waals surface area contributed by atoms with Crippen LogP contribution < -0.4 is 5.73 Å². The predicted octanol–water partition coefficient (Wildman–Crippen LogP) is 3.84. The molecule has 4 aliphatic rings. The van der Waals surface area contributed by atoms with Crippen LogP contribution >= 0.6 is 0 Å². The van der Waals surface area contributed by atoms with E-state index in [-0.39, 0.29) is 46.5 Å². The molecule has 0 spiro atoms. The number of benzene rings is 2. The minimum Gasteiger partial charge on any atom is -0.511 e. The second-order valence-corrected chi connectivity index (χ2v) is 11.8. The zero-order chi connectivity index (χ0) is 30.7. The van der Waals surface area contributed by atoms with Crippen molar-refractivity contribution in [3.8, 4) is 5.75 Å². The number of Topliss-reactive ketones (excluding diaryl/α,β-unsaturated/α-hetero) is 2. The summed E-state index contributed by atoms with van der Waals surface area (Å²) in [4.78, 5) is 65.6. The number of phenols is 1. The third kappa shape index (κ3) is 4.35. The number of aromatic hydroxyl groups is 1. The molecular weight excluding hydrogens is 552 g/mol. The second-order valence-electron chi connectivity index (χ2n) is 11.8. The van der Waals surface area contributed by atoms with E-state index in [1.165, 1.54) is 0 Å². The van der Waals surface area contributed by atoms with Crippen LogP contribution in [0.4, 0.5) is 0 Å². The number of carbonyl (C=O) groups excluding carboxylic acids is 5. The van der Waals surface area contributed by atoms with Gasteiger partial charge in [0.05, 0.1) is 29.2 Å². The number of aliphatic hydroxyl groups is 2. The van der Waals surface area contributed by atoms with Crippen molar-refractivity contribution in [2.75, 3.05) is 0 Å². The molecule has 1 fully saturated rings. The zero-order valence-electron chi connectivity index (χ0n) is 23.7. The molecule has 1 saturated carbocycles. The Morgan fingerprint density at radius 2 is 1.65 bits per heavy atom. The minimum absolute atomic E-state index is 0.0196. The molecule has 3 unspecified atom stereocenters. The summed E-state index contributed by atoms with van der Waals surface area (Å²) >= 11 is 0. The number of hydrogen-bond acceptors (Lipinski definition) is 8. The van der Waals surface area contributed by atoms with Gasteiger partial charge in [-0.05, 0) is 66.8 Å². The number of carbonyl (C=O) groups is 5. The summed E-state index contributed by atoms with van der Waals surface area (Å²) in [6, 6.07) is 8.26. The van der Waals surface area contributed by atoms with Crippen molar-refractivity contribution in [1.82, 2.24) is 4.90 Å². The van der Waals surface area contributed by atoms with Gasteiger partial charge in [0.2, 0.25) is 0 Å². The molecule has 0 saturated heterocycles. The fourth-order valence-corrected chi connectivity index (χ4v) is 7.31. The molecule has 10 nitrogen and oxygen atoms in total. The van der Waals surface area contributed by atoms with Crippen LogP contribution in [0.3, 0.4) is 0 Å². The number of allylic oxidation sites excluding steroid dienone is 2. The van der Waals surface area contributed by atoms with E-state index in [0.29, 0.717) is 24.8 Å². The summed E-state index contributed by atoms with van der Waals surface area (Å²) in [5.74, 6) is -6.99. The number of nitrogens with zero attached hydrogens (tertiary/aromatic N) is 1. The highest BCUT2D eigenvalue weighted by molar-refractivity contribution is 6.22. The zero-order valence-corrected chi connectivity index (χ0v) is 23.7. The van der Waals surface area contributed by atoms with Crippen molar-refractivity contribution in [2.24, 2.45) is 23.5 Å². The molecule has 10 heteroatoms. The normalized spacial score (nSPS) is 22.9. The van der Waals surface area contributed by atoms with Crippen LogP contribution in [0.25, 0.3) is 5.76 Å². The second kappa shape index (κ2) is 10.5. The Bertz CT molecular complexity index is 1670. The molecule has 0 bridgehead atoms. The number of aryl methyl sites for hydroxylation is 1. The lowest BCUT2D eigenvalue weighted by Crippen LogP contribution is -2.44. The van der Waals surface area contributed by atoms with Crippen molar-refractivity contribution in [3.05, 3.63) is 80.6 Å². The first kappa shape index (κ1) is 28.4. The van der Waals surface area contributed by atoms with Gasteiger partial charge in [0.15, 0.2) is 11.6 Å².